The molecule has 1 heterocycles. The molecule has 1 aliphatic carbocycles. The van der Waals surface area contributed by atoms with E-state index in [1.165, 1.54) is 31.9 Å². The highest BCUT2D eigenvalue weighted by Gasteiger charge is 2.27. The van der Waals surface area contributed by atoms with Gasteiger partial charge < -0.3 is 9.47 Å². The third-order valence-electron chi connectivity index (χ3n) is 6.17. The molecule has 0 spiro atoms. The molecule has 0 bridgehead atoms. The second-order valence-electron chi connectivity index (χ2n) is 8.14. The summed E-state index contributed by atoms with van der Waals surface area (Å²) in [6, 6.07) is 20.6. The Morgan fingerprint density at radius 2 is 1.77 bits per heavy atom. The highest BCUT2D eigenvalue weighted by atomic mass is 16.5. The van der Waals surface area contributed by atoms with Crippen molar-refractivity contribution < 1.29 is 14.3 Å². The van der Waals surface area contributed by atoms with E-state index in [0.717, 1.165) is 35.2 Å². The van der Waals surface area contributed by atoms with E-state index in [2.05, 4.69) is 29.2 Å². The van der Waals surface area contributed by atoms with E-state index in [9.17, 15) is 4.79 Å². The van der Waals surface area contributed by atoms with Crippen molar-refractivity contribution in [2.75, 3.05) is 7.11 Å². The van der Waals surface area contributed by atoms with Crippen LogP contribution in [0.4, 0.5) is 0 Å². The highest BCUT2D eigenvalue weighted by molar-refractivity contribution is 5.78. The van der Waals surface area contributed by atoms with E-state index >= 15 is 0 Å². The first-order chi connectivity index (χ1) is 14.7. The van der Waals surface area contributed by atoms with Crippen molar-refractivity contribution in [1.29, 1.82) is 0 Å². The van der Waals surface area contributed by atoms with Crippen LogP contribution in [0, 0.1) is 5.92 Å². The maximum atomic E-state index is 11.9. The molecule has 0 N–H and O–H groups in total. The molecule has 3 aromatic rings. The third kappa shape index (κ3) is 4.99. The van der Waals surface area contributed by atoms with E-state index in [1.54, 1.807) is 0 Å². The van der Waals surface area contributed by atoms with Crippen LogP contribution in [0.1, 0.15) is 55.7 Å². The summed E-state index contributed by atoms with van der Waals surface area (Å²) in [6.45, 7) is 0.443. The molecular weight excluding hydrogens is 374 g/mol. The summed E-state index contributed by atoms with van der Waals surface area (Å²) in [7, 11) is 1.48. The molecule has 30 heavy (non-hydrogen) atoms. The molecule has 1 aliphatic rings. The lowest BCUT2D eigenvalue weighted by molar-refractivity contribution is -0.142. The van der Waals surface area contributed by atoms with Crippen LogP contribution < -0.4 is 4.74 Å². The molecular formula is C26H29NO3. The molecule has 4 nitrogen and oxygen atoms in total. The average Bonchev–Trinajstić information content (AvgIpc) is 3.03. The minimum atomic E-state index is -0.102. The normalized spacial score (nSPS) is 19.2. The second-order valence-corrected chi connectivity index (χ2v) is 8.14. The van der Waals surface area contributed by atoms with E-state index in [4.69, 9.17) is 9.47 Å². The summed E-state index contributed by atoms with van der Waals surface area (Å²) >= 11 is 0. The summed E-state index contributed by atoms with van der Waals surface area (Å²) in [6.07, 6.45) is 6.38. The zero-order chi connectivity index (χ0) is 20.8. The van der Waals surface area contributed by atoms with Gasteiger partial charge in [-0.25, -0.2) is 4.98 Å². The fraction of sp³-hybridized carbons (Fsp3) is 0.385. The first kappa shape index (κ1) is 20.4. The van der Waals surface area contributed by atoms with Crippen LogP contribution in [-0.4, -0.2) is 18.1 Å². The Balaban J connectivity index is 1.42. The molecule has 156 valence electrons. The lowest BCUT2D eigenvalue weighted by Crippen LogP contribution is -2.17. The number of fused-ring (bicyclic) bond motifs is 1. The summed E-state index contributed by atoms with van der Waals surface area (Å²) in [4.78, 5) is 16.5. The first-order valence-electron chi connectivity index (χ1n) is 10.9. The van der Waals surface area contributed by atoms with Crippen LogP contribution >= 0.6 is 0 Å². The Bertz CT molecular complexity index is 983. The van der Waals surface area contributed by atoms with Crippen LogP contribution in [-0.2, 0) is 16.1 Å². The van der Waals surface area contributed by atoms with E-state index in [-0.39, 0.29) is 5.97 Å². The number of carbonyl (C=O) groups is 1. The van der Waals surface area contributed by atoms with Crippen LogP contribution in [0.2, 0.25) is 0 Å². The predicted octanol–water partition coefficient (Wildman–Crippen LogP) is 6.04. The Hall–Kier alpha value is -2.88. The van der Waals surface area contributed by atoms with Crippen molar-refractivity contribution >= 4 is 16.9 Å². The molecule has 0 aliphatic heterocycles. The SMILES string of the molecule is COC(=O)CC1CCCCCC1c1ccc(OCc2ccc3ccccc3n2)cc1. The molecule has 1 saturated carbocycles. The van der Waals surface area contributed by atoms with Gasteiger partial charge in [-0.05, 0) is 54.5 Å². The van der Waals surface area contributed by atoms with Gasteiger partial charge in [0.05, 0.1) is 18.3 Å². The van der Waals surface area contributed by atoms with Gasteiger partial charge in [-0.3, -0.25) is 4.79 Å². The number of aromatic nitrogens is 1. The number of nitrogens with zero attached hydrogens (tertiary/aromatic N) is 1. The van der Waals surface area contributed by atoms with Gasteiger partial charge in [0.1, 0.15) is 12.4 Å². The second kappa shape index (κ2) is 9.75. The quantitative estimate of drug-likeness (QED) is 0.372. The molecule has 4 heteroatoms. The number of esters is 1. The van der Waals surface area contributed by atoms with Gasteiger partial charge in [-0.15, -0.1) is 0 Å². The van der Waals surface area contributed by atoms with Crippen LogP contribution in [0.5, 0.6) is 5.75 Å². The minimum absolute atomic E-state index is 0.102. The summed E-state index contributed by atoms with van der Waals surface area (Å²) in [5, 5.41) is 1.13. The fourth-order valence-electron chi connectivity index (χ4n) is 4.52. The molecule has 0 amide bonds. The fourth-order valence-corrected chi connectivity index (χ4v) is 4.52. The third-order valence-corrected chi connectivity index (χ3v) is 6.17. The molecule has 2 unspecified atom stereocenters. The van der Waals surface area contributed by atoms with Gasteiger partial charge >= 0.3 is 5.97 Å². The summed E-state index contributed by atoms with van der Waals surface area (Å²) in [5.74, 6) is 1.50. The molecule has 1 fully saturated rings. The Morgan fingerprint density at radius 1 is 0.967 bits per heavy atom. The van der Waals surface area contributed by atoms with Gasteiger partial charge in [-0.2, -0.15) is 0 Å². The number of hydrogen-bond acceptors (Lipinski definition) is 4. The molecule has 2 aromatic carbocycles. The monoisotopic (exact) mass is 403 g/mol. The van der Waals surface area contributed by atoms with Gasteiger partial charge in [-0.1, -0.05) is 55.7 Å². The van der Waals surface area contributed by atoms with E-state index in [1.807, 2.05) is 36.4 Å². The van der Waals surface area contributed by atoms with Crippen molar-refractivity contribution in [1.82, 2.24) is 4.98 Å². The highest BCUT2D eigenvalue weighted by Crippen LogP contribution is 2.39. The van der Waals surface area contributed by atoms with E-state index in [0.29, 0.717) is 24.9 Å². The van der Waals surface area contributed by atoms with Crippen LogP contribution in [0.25, 0.3) is 10.9 Å². The smallest absolute Gasteiger partial charge is 0.305 e. The molecule has 1 aromatic heterocycles. The lowest BCUT2D eigenvalue weighted by atomic mass is 9.80. The minimum Gasteiger partial charge on any atom is -0.487 e. The largest absolute Gasteiger partial charge is 0.487 e. The predicted molar refractivity (Wildman–Crippen MR) is 118 cm³/mol. The standard InChI is InChI=1S/C26H29NO3/c1-29-26(28)17-21-8-3-2-4-9-24(21)19-12-15-23(16-13-19)30-18-22-14-11-20-7-5-6-10-25(20)27-22/h5-7,10-16,21,24H,2-4,8-9,17-18H2,1H3. The van der Waals surface area contributed by atoms with Gasteiger partial charge in [0, 0.05) is 11.8 Å². The van der Waals surface area contributed by atoms with Crippen molar-refractivity contribution in [2.45, 2.75) is 51.0 Å². The Morgan fingerprint density at radius 3 is 2.60 bits per heavy atom. The molecule has 0 saturated heterocycles. The number of hydrogen-bond donors (Lipinski definition) is 0. The lowest BCUT2D eigenvalue weighted by Gasteiger charge is -2.25. The summed E-state index contributed by atoms with van der Waals surface area (Å²) < 4.78 is 10.9. The average molecular weight is 404 g/mol. The topological polar surface area (TPSA) is 48.4 Å². The number of ether oxygens (including phenoxy) is 2. The number of para-hydroxylation sites is 1. The van der Waals surface area contributed by atoms with Gasteiger partial charge in [0.15, 0.2) is 0 Å². The van der Waals surface area contributed by atoms with Crippen molar-refractivity contribution in [3.05, 3.63) is 71.9 Å². The number of benzene rings is 2. The maximum Gasteiger partial charge on any atom is 0.305 e. The van der Waals surface area contributed by atoms with Crippen LogP contribution in [0.3, 0.4) is 0 Å². The number of rotatable bonds is 6. The molecule has 4 rings (SSSR count). The molecule has 0 radical (unpaired) electrons. The van der Waals surface area contributed by atoms with Gasteiger partial charge in [0.25, 0.3) is 0 Å². The van der Waals surface area contributed by atoms with Crippen LogP contribution in [0.15, 0.2) is 60.7 Å². The van der Waals surface area contributed by atoms with Crippen molar-refractivity contribution in [3.8, 4) is 5.75 Å². The van der Waals surface area contributed by atoms with Crippen molar-refractivity contribution in [3.63, 3.8) is 0 Å². The van der Waals surface area contributed by atoms with Gasteiger partial charge in [0.2, 0.25) is 0 Å². The number of methoxy groups -OCH3 is 1. The summed E-state index contributed by atoms with van der Waals surface area (Å²) in [5.41, 5.74) is 3.20. The number of pyridine rings is 1. The van der Waals surface area contributed by atoms with Crippen molar-refractivity contribution in [2.24, 2.45) is 5.92 Å². The Labute approximate surface area is 178 Å². The molecule has 2 atom stereocenters. The zero-order valence-electron chi connectivity index (χ0n) is 17.5. The number of carbonyl (C=O) groups excluding carboxylic acids is 1. The zero-order valence-corrected chi connectivity index (χ0v) is 17.5. The first-order valence-corrected chi connectivity index (χ1v) is 10.9. The Kier molecular flexibility index (Phi) is 6.63. The maximum absolute atomic E-state index is 11.9. The van der Waals surface area contributed by atoms with E-state index < -0.39 is 0 Å².